The fraction of sp³-hybridized carbons (Fsp3) is 0.462. The predicted octanol–water partition coefficient (Wildman–Crippen LogP) is 1.96. The normalized spacial score (nSPS) is 18.4. The number of rotatable bonds is 4. The van der Waals surface area contributed by atoms with Gasteiger partial charge in [-0.05, 0) is 19.8 Å². The quantitative estimate of drug-likeness (QED) is 0.902. The minimum Gasteiger partial charge on any atom is -0.371 e. The molecule has 3 heterocycles. The fourth-order valence-electron chi connectivity index (χ4n) is 2.13. The van der Waals surface area contributed by atoms with Crippen molar-refractivity contribution in [3.05, 3.63) is 33.5 Å². The summed E-state index contributed by atoms with van der Waals surface area (Å²) in [5, 5.41) is 10.5. The molecule has 20 heavy (non-hydrogen) atoms. The Balaban J connectivity index is 1.61. The molecule has 0 aliphatic carbocycles. The van der Waals surface area contributed by atoms with Crippen LogP contribution in [0.1, 0.15) is 44.9 Å². The summed E-state index contributed by atoms with van der Waals surface area (Å²) in [5.41, 5.74) is 1.96. The van der Waals surface area contributed by atoms with Crippen molar-refractivity contribution >= 4 is 17.2 Å². The molecular formula is C13H16N4O2S. The molecule has 3 rings (SSSR count). The third kappa shape index (κ3) is 2.73. The Hall–Kier alpha value is -1.73. The average molecular weight is 292 g/mol. The molecule has 0 aromatic carbocycles. The first-order valence-corrected chi connectivity index (χ1v) is 7.40. The Labute approximate surface area is 120 Å². The summed E-state index contributed by atoms with van der Waals surface area (Å²) in [6.07, 6.45) is 5.46. The number of hydrogen-bond donors (Lipinski definition) is 2. The molecule has 1 aliphatic heterocycles. The summed E-state index contributed by atoms with van der Waals surface area (Å²) in [5.74, 6) is -0.104. The fourth-order valence-corrected chi connectivity index (χ4v) is 3.05. The van der Waals surface area contributed by atoms with Crippen LogP contribution in [-0.4, -0.2) is 27.7 Å². The van der Waals surface area contributed by atoms with E-state index < -0.39 is 0 Å². The Morgan fingerprint density at radius 3 is 3.20 bits per heavy atom. The number of carbonyl (C=O) groups excluding carboxylic acids is 1. The Kier molecular flexibility index (Phi) is 3.79. The third-order valence-corrected chi connectivity index (χ3v) is 4.41. The maximum Gasteiger partial charge on any atom is 0.263 e. The molecule has 2 N–H and O–H groups in total. The first kappa shape index (κ1) is 13.3. The number of amides is 1. The number of aryl methyl sites for hydroxylation is 1. The zero-order valence-corrected chi connectivity index (χ0v) is 12.0. The number of aromatic nitrogens is 3. The van der Waals surface area contributed by atoms with Gasteiger partial charge >= 0.3 is 0 Å². The lowest BCUT2D eigenvalue weighted by Crippen LogP contribution is -2.21. The van der Waals surface area contributed by atoms with Gasteiger partial charge in [0.25, 0.3) is 5.91 Å². The van der Waals surface area contributed by atoms with Crippen molar-refractivity contribution in [1.82, 2.24) is 20.5 Å². The average Bonchev–Trinajstić information content (AvgIpc) is 3.17. The summed E-state index contributed by atoms with van der Waals surface area (Å²) >= 11 is 1.41. The van der Waals surface area contributed by atoms with Gasteiger partial charge in [-0.25, -0.2) is 4.98 Å². The highest BCUT2D eigenvalue weighted by Gasteiger charge is 2.22. The van der Waals surface area contributed by atoms with E-state index in [1.54, 1.807) is 12.4 Å². The summed E-state index contributed by atoms with van der Waals surface area (Å²) < 4.78 is 5.57. The Morgan fingerprint density at radius 1 is 1.60 bits per heavy atom. The molecule has 0 saturated carbocycles. The van der Waals surface area contributed by atoms with Gasteiger partial charge in [0.2, 0.25) is 0 Å². The van der Waals surface area contributed by atoms with Crippen LogP contribution < -0.4 is 5.32 Å². The minimum absolute atomic E-state index is 0.0673. The van der Waals surface area contributed by atoms with Crippen molar-refractivity contribution < 1.29 is 9.53 Å². The van der Waals surface area contributed by atoms with Crippen LogP contribution >= 0.6 is 11.3 Å². The topological polar surface area (TPSA) is 79.9 Å². The van der Waals surface area contributed by atoms with Crippen LogP contribution in [0.25, 0.3) is 0 Å². The van der Waals surface area contributed by atoms with Crippen LogP contribution in [0.2, 0.25) is 0 Å². The minimum atomic E-state index is -0.104. The number of thiazole rings is 1. The zero-order chi connectivity index (χ0) is 13.9. The first-order valence-electron chi connectivity index (χ1n) is 6.58. The molecule has 106 valence electrons. The van der Waals surface area contributed by atoms with E-state index >= 15 is 0 Å². The summed E-state index contributed by atoms with van der Waals surface area (Å²) in [7, 11) is 0. The second kappa shape index (κ2) is 5.72. The molecule has 1 aliphatic rings. The van der Waals surface area contributed by atoms with E-state index in [9.17, 15) is 4.79 Å². The van der Waals surface area contributed by atoms with Crippen LogP contribution in [0.5, 0.6) is 0 Å². The van der Waals surface area contributed by atoms with E-state index in [4.69, 9.17) is 4.74 Å². The number of nitrogens with one attached hydrogen (secondary N) is 2. The van der Waals surface area contributed by atoms with Gasteiger partial charge in [-0.3, -0.25) is 9.89 Å². The molecule has 1 amide bonds. The Morgan fingerprint density at radius 2 is 2.50 bits per heavy atom. The van der Waals surface area contributed by atoms with E-state index in [0.29, 0.717) is 11.4 Å². The molecule has 0 unspecified atom stereocenters. The van der Waals surface area contributed by atoms with Gasteiger partial charge < -0.3 is 10.1 Å². The molecule has 2 aromatic rings. The molecular weight excluding hydrogens is 276 g/mol. The van der Waals surface area contributed by atoms with E-state index in [1.807, 2.05) is 6.92 Å². The largest absolute Gasteiger partial charge is 0.371 e. The highest BCUT2D eigenvalue weighted by atomic mass is 32.1. The van der Waals surface area contributed by atoms with E-state index in [2.05, 4.69) is 20.5 Å². The van der Waals surface area contributed by atoms with Gasteiger partial charge in [-0.15, -0.1) is 11.3 Å². The third-order valence-electron chi connectivity index (χ3n) is 3.33. The monoisotopic (exact) mass is 292 g/mol. The molecule has 7 heteroatoms. The van der Waals surface area contributed by atoms with Crippen molar-refractivity contribution in [2.24, 2.45) is 0 Å². The summed E-state index contributed by atoms with van der Waals surface area (Å²) in [4.78, 5) is 17.0. The lowest BCUT2D eigenvalue weighted by atomic mass is 10.2. The summed E-state index contributed by atoms with van der Waals surface area (Å²) in [6, 6.07) is 0. The van der Waals surface area contributed by atoms with Gasteiger partial charge in [-0.2, -0.15) is 5.10 Å². The lowest BCUT2D eigenvalue weighted by molar-refractivity contribution is 0.0954. The zero-order valence-electron chi connectivity index (χ0n) is 11.2. The van der Waals surface area contributed by atoms with E-state index in [0.717, 1.165) is 35.7 Å². The van der Waals surface area contributed by atoms with Gasteiger partial charge in [0.15, 0.2) is 0 Å². The standard InChI is InChI=1S/C13H16N4O2S/c1-8-9(6-16-17-8)5-14-12(18)11-7-15-13(20-11)10-3-2-4-19-10/h6-7,10H,2-5H2,1H3,(H,14,18)(H,16,17)/t10-/m0/s1. The molecule has 1 atom stereocenters. The Bertz CT molecular complexity index is 601. The van der Waals surface area contributed by atoms with Gasteiger partial charge in [0.1, 0.15) is 16.0 Å². The van der Waals surface area contributed by atoms with Crippen molar-refractivity contribution in [3.63, 3.8) is 0 Å². The number of ether oxygens (including phenoxy) is 1. The molecule has 2 aromatic heterocycles. The van der Waals surface area contributed by atoms with Crippen molar-refractivity contribution in [1.29, 1.82) is 0 Å². The number of carbonyl (C=O) groups is 1. The summed E-state index contributed by atoms with van der Waals surface area (Å²) in [6.45, 7) is 3.18. The second-order valence-corrected chi connectivity index (χ2v) is 5.83. The highest BCUT2D eigenvalue weighted by molar-refractivity contribution is 7.13. The molecule has 1 saturated heterocycles. The van der Waals surface area contributed by atoms with Crippen LogP contribution in [0.4, 0.5) is 0 Å². The number of nitrogens with zero attached hydrogens (tertiary/aromatic N) is 2. The lowest BCUT2D eigenvalue weighted by Gasteiger charge is -2.04. The number of hydrogen-bond acceptors (Lipinski definition) is 5. The van der Waals surface area contributed by atoms with Crippen LogP contribution in [0, 0.1) is 6.92 Å². The van der Waals surface area contributed by atoms with Crippen LogP contribution in [-0.2, 0) is 11.3 Å². The van der Waals surface area contributed by atoms with E-state index in [-0.39, 0.29) is 12.0 Å². The SMILES string of the molecule is Cc1[nH]ncc1CNC(=O)c1cnc([C@@H]2CCCO2)s1. The highest BCUT2D eigenvalue weighted by Crippen LogP contribution is 2.31. The second-order valence-electron chi connectivity index (χ2n) is 4.77. The van der Waals surface area contributed by atoms with Crippen LogP contribution in [0.15, 0.2) is 12.4 Å². The van der Waals surface area contributed by atoms with E-state index in [1.165, 1.54) is 11.3 Å². The van der Waals surface area contributed by atoms with Crippen LogP contribution in [0.3, 0.4) is 0 Å². The van der Waals surface area contributed by atoms with Gasteiger partial charge in [0, 0.05) is 24.4 Å². The smallest absolute Gasteiger partial charge is 0.263 e. The maximum absolute atomic E-state index is 12.1. The van der Waals surface area contributed by atoms with Gasteiger partial charge in [0.05, 0.1) is 12.4 Å². The molecule has 0 spiro atoms. The molecule has 1 fully saturated rings. The molecule has 0 radical (unpaired) electrons. The molecule has 6 nitrogen and oxygen atoms in total. The van der Waals surface area contributed by atoms with Crippen molar-refractivity contribution in [2.75, 3.05) is 6.61 Å². The number of aromatic amines is 1. The number of H-pyrrole nitrogens is 1. The first-order chi connectivity index (χ1) is 9.74. The van der Waals surface area contributed by atoms with Crippen molar-refractivity contribution in [2.45, 2.75) is 32.4 Å². The predicted molar refractivity (Wildman–Crippen MR) is 74.5 cm³/mol. The van der Waals surface area contributed by atoms with Crippen molar-refractivity contribution in [3.8, 4) is 0 Å². The maximum atomic E-state index is 12.1. The molecule has 0 bridgehead atoms. The van der Waals surface area contributed by atoms with Gasteiger partial charge in [-0.1, -0.05) is 0 Å².